The highest BCUT2D eigenvalue weighted by Gasteiger charge is 2.17. The fraction of sp³-hybridized carbons (Fsp3) is 1.00. The molecule has 2 aliphatic rings. The topological polar surface area (TPSA) is 24.5 Å². The summed E-state index contributed by atoms with van der Waals surface area (Å²) in [6, 6.07) is 0. The standard InChI is InChI=1S/C13H26N2O/c1-15-7-5-12(6-8-15)10-14-11-13-4-2-3-9-16-13/h12-14H,2-11H2,1H3. The van der Waals surface area contributed by atoms with E-state index in [4.69, 9.17) is 4.74 Å². The minimum Gasteiger partial charge on any atom is -0.377 e. The number of hydrogen-bond acceptors (Lipinski definition) is 3. The van der Waals surface area contributed by atoms with E-state index >= 15 is 0 Å². The summed E-state index contributed by atoms with van der Waals surface area (Å²) in [7, 11) is 2.22. The number of hydrogen-bond donors (Lipinski definition) is 1. The third kappa shape index (κ3) is 4.04. The molecule has 2 heterocycles. The number of likely N-dealkylation sites (tertiary alicyclic amines) is 1. The highest BCUT2D eigenvalue weighted by atomic mass is 16.5. The zero-order valence-corrected chi connectivity index (χ0v) is 10.6. The van der Waals surface area contributed by atoms with Gasteiger partial charge in [-0.1, -0.05) is 0 Å². The molecule has 2 fully saturated rings. The van der Waals surface area contributed by atoms with Crippen LogP contribution in [0.4, 0.5) is 0 Å². The van der Waals surface area contributed by atoms with Gasteiger partial charge in [-0.3, -0.25) is 0 Å². The van der Waals surface area contributed by atoms with Gasteiger partial charge in [0.15, 0.2) is 0 Å². The van der Waals surface area contributed by atoms with Crippen LogP contribution in [0.15, 0.2) is 0 Å². The maximum Gasteiger partial charge on any atom is 0.0699 e. The molecule has 0 aromatic rings. The van der Waals surface area contributed by atoms with E-state index in [1.807, 2.05) is 0 Å². The van der Waals surface area contributed by atoms with Gasteiger partial charge in [0.25, 0.3) is 0 Å². The van der Waals surface area contributed by atoms with Crippen LogP contribution in [0.2, 0.25) is 0 Å². The van der Waals surface area contributed by atoms with Crippen molar-refractivity contribution in [1.29, 1.82) is 0 Å². The van der Waals surface area contributed by atoms with E-state index in [1.165, 1.54) is 51.7 Å². The Hall–Kier alpha value is -0.120. The monoisotopic (exact) mass is 226 g/mol. The lowest BCUT2D eigenvalue weighted by Gasteiger charge is -2.30. The zero-order chi connectivity index (χ0) is 11.2. The van der Waals surface area contributed by atoms with Crippen molar-refractivity contribution in [2.75, 3.05) is 39.8 Å². The minimum atomic E-state index is 0.486. The van der Waals surface area contributed by atoms with Crippen molar-refractivity contribution in [2.24, 2.45) is 5.92 Å². The molecule has 0 radical (unpaired) electrons. The minimum absolute atomic E-state index is 0.486. The molecule has 0 aromatic carbocycles. The van der Waals surface area contributed by atoms with Crippen LogP contribution in [0.3, 0.4) is 0 Å². The van der Waals surface area contributed by atoms with Crippen molar-refractivity contribution in [3.05, 3.63) is 0 Å². The normalized spacial score (nSPS) is 29.4. The molecule has 1 N–H and O–H groups in total. The Morgan fingerprint density at radius 2 is 1.94 bits per heavy atom. The molecular formula is C13H26N2O. The van der Waals surface area contributed by atoms with Crippen LogP contribution in [0.1, 0.15) is 32.1 Å². The van der Waals surface area contributed by atoms with Crippen LogP contribution in [-0.2, 0) is 4.74 Å². The van der Waals surface area contributed by atoms with Crippen LogP contribution in [0.5, 0.6) is 0 Å². The van der Waals surface area contributed by atoms with Gasteiger partial charge in [-0.05, 0) is 64.7 Å². The van der Waals surface area contributed by atoms with Crippen molar-refractivity contribution < 1.29 is 4.74 Å². The fourth-order valence-electron chi connectivity index (χ4n) is 2.68. The van der Waals surface area contributed by atoms with Crippen LogP contribution in [-0.4, -0.2) is 50.8 Å². The molecule has 3 heteroatoms. The smallest absolute Gasteiger partial charge is 0.0699 e. The fourth-order valence-corrected chi connectivity index (χ4v) is 2.68. The Balaban J connectivity index is 1.53. The van der Waals surface area contributed by atoms with Gasteiger partial charge in [0.2, 0.25) is 0 Å². The SMILES string of the molecule is CN1CCC(CNCC2CCCCO2)CC1. The Kier molecular flexibility index (Phi) is 5.07. The molecule has 0 spiro atoms. The summed E-state index contributed by atoms with van der Waals surface area (Å²) in [4.78, 5) is 2.43. The predicted molar refractivity (Wildman–Crippen MR) is 66.7 cm³/mol. The zero-order valence-electron chi connectivity index (χ0n) is 10.6. The molecule has 0 bridgehead atoms. The molecule has 2 saturated heterocycles. The van der Waals surface area contributed by atoms with Gasteiger partial charge in [-0.15, -0.1) is 0 Å². The average Bonchev–Trinajstić information content (AvgIpc) is 2.33. The second-order valence-electron chi connectivity index (χ2n) is 5.39. The van der Waals surface area contributed by atoms with Crippen molar-refractivity contribution in [2.45, 2.75) is 38.2 Å². The van der Waals surface area contributed by atoms with Crippen molar-refractivity contribution in [3.63, 3.8) is 0 Å². The molecular weight excluding hydrogens is 200 g/mol. The Bertz CT molecular complexity index is 184. The predicted octanol–water partition coefficient (Wildman–Crippen LogP) is 1.49. The Morgan fingerprint density at radius 3 is 2.62 bits per heavy atom. The van der Waals surface area contributed by atoms with Gasteiger partial charge in [0.05, 0.1) is 6.10 Å². The average molecular weight is 226 g/mol. The Labute approximate surface area is 99.5 Å². The van der Waals surface area contributed by atoms with Gasteiger partial charge in [0, 0.05) is 13.2 Å². The molecule has 2 aliphatic heterocycles. The van der Waals surface area contributed by atoms with E-state index in [0.29, 0.717) is 6.10 Å². The first-order valence-electron chi connectivity index (χ1n) is 6.85. The molecule has 1 atom stereocenters. The molecule has 0 aliphatic carbocycles. The summed E-state index contributed by atoms with van der Waals surface area (Å²) >= 11 is 0. The van der Waals surface area contributed by atoms with Crippen molar-refractivity contribution in [1.82, 2.24) is 10.2 Å². The summed E-state index contributed by atoms with van der Waals surface area (Å²) in [5.74, 6) is 0.889. The molecule has 16 heavy (non-hydrogen) atoms. The highest BCUT2D eigenvalue weighted by Crippen LogP contribution is 2.15. The number of piperidine rings is 1. The van der Waals surface area contributed by atoms with Gasteiger partial charge >= 0.3 is 0 Å². The van der Waals surface area contributed by atoms with E-state index in [9.17, 15) is 0 Å². The maximum atomic E-state index is 5.71. The summed E-state index contributed by atoms with van der Waals surface area (Å²) in [5, 5.41) is 3.60. The first-order valence-corrected chi connectivity index (χ1v) is 6.85. The molecule has 1 unspecified atom stereocenters. The summed E-state index contributed by atoms with van der Waals surface area (Å²) in [6.45, 7) is 5.76. The summed E-state index contributed by atoms with van der Waals surface area (Å²) < 4.78 is 5.71. The number of ether oxygens (including phenoxy) is 1. The van der Waals surface area contributed by atoms with Crippen molar-refractivity contribution >= 4 is 0 Å². The van der Waals surface area contributed by atoms with E-state index in [1.54, 1.807) is 0 Å². The van der Waals surface area contributed by atoms with Gasteiger partial charge in [-0.25, -0.2) is 0 Å². The van der Waals surface area contributed by atoms with Gasteiger partial charge < -0.3 is 15.0 Å². The first-order chi connectivity index (χ1) is 7.84. The van der Waals surface area contributed by atoms with Gasteiger partial charge in [0.1, 0.15) is 0 Å². The lowest BCUT2D eigenvalue weighted by molar-refractivity contribution is 0.0161. The van der Waals surface area contributed by atoms with Crippen LogP contribution in [0, 0.1) is 5.92 Å². The maximum absolute atomic E-state index is 5.71. The lowest BCUT2D eigenvalue weighted by Crippen LogP contribution is -2.38. The summed E-state index contributed by atoms with van der Waals surface area (Å²) in [6.07, 6.45) is 7.05. The van der Waals surface area contributed by atoms with E-state index in [2.05, 4.69) is 17.3 Å². The third-order valence-corrected chi connectivity index (χ3v) is 3.92. The molecule has 0 aromatic heterocycles. The molecule has 3 nitrogen and oxygen atoms in total. The lowest BCUT2D eigenvalue weighted by atomic mass is 9.97. The molecule has 94 valence electrons. The third-order valence-electron chi connectivity index (χ3n) is 3.92. The van der Waals surface area contributed by atoms with E-state index in [0.717, 1.165) is 19.1 Å². The second kappa shape index (κ2) is 6.58. The quantitative estimate of drug-likeness (QED) is 0.786. The van der Waals surface area contributed by atoms with Crippen LogP contribution >= 0.6 is 0 Å². The largest absolute Gasteiger partial charge is 0.377 e. The first kappa shape index (κ1) is 12.3. The van der Waals surface area contributed by atoms with Crippen molar-refractivity contribution in [3.8, 4) is 0 Å². The molecule has 0 amide bonds. The highest BCUT2D eigenvalue weighted by molar-refractivity contribution is 4.73. The molecule has 0 saturated carbocycles. The van der Waals surface area contributed by atoms with E-state index in [-0.39, 0.29) is 0 Å². The number of nitrogens with one attached hydrogen (secondary N) is 1. The molecule has 2 rings (SSSR count). The number of nitrogens with zero attached hydrogens (tertiary/aromatic N) is 1. The summed E-state index contributed by atoms with van der Waals surface area (Å²) in [5.41, 5.74) is 0. The second-order valence-corrected chi connectivity index (χ2v) is 5.39. The van der Waals surface area contributed by atoms with Crippen LogP contribution in [0.25, 0.3) is 0 Å². The van der Waals surface area contributed by atoms with E-state index < -0.39 is 0 Å². The van der Waals surface area contributed by atoms with Gasteiger partial charge in [-0.2, -0.15) is 0 Å². The number of rotatable bonds is 4. The Morgan fingerprint density at radius 1 is 1.12 bits per heavy atom. The van der Waals surface area contributed by atoms with Crippen LogP contribution < -0.4 is 5.32 Å².